The molecule has 5 rings (SSSR count). The smallest absolute Gasteiger partial charge is 0.255 e. The Kier molecular flexibility index (Phi) is 6.12. The SMILES string of the molecule is O=C1CCC(N2Cc3c(cc(F)c(C4CCN(Cc5ccc(Cl)cc5)CC4)c3F)C2=O)C(=O)N1. The fraction of sp³-hybridized carbons (Fsp3) is 0.400. The van der Waals surface area contributed by atoms with Gasteiger partial charge in [-0.05, 0) is 62.0 Å². The van der Waals surface area contributed by atoms with E-state index < -0.39 is 35.4 Å². The number of benzene rings is 2. The highest BCUT2D eigenvalue weighted by molar-refractivity contribution is 6.30. The lowest BCUT2D eigenvalue weighted by atomic mass is 9.86. The summed E-state index contributed by atoms with van der Waals surface area (Å²) in [6.07, 6.45) is 1.48. The van der Waals surface area contributed by atoms with E-state index in [0.29, 0.717) is 31.0 Å². The largest absolute Gasteiger partial charge is 0.322 e. The Bertz CT molecular complexity index is 1160. The van der Waals surface area contributed by atoms with Gasteiger partial charge in [0.25, 0.3) is 5.91 Å². The Hall–Kier alpha value is -2.84. The van der Waals surface area contributed by atoms with Gasteiger partial charge < -0.3 is 4.90 Å². The molecule has 3 amide bonds. The summed E-state index contributed by atoms with van der Waals surface area (Å²) >= 11 is 5.94. The summed E-state index contributed by atoms with van der Waals surface area (Å²) in [7, 11) is 0. The van der Waals surface area contributed by atoms with Gasteiger partial charge >= 0.3 is 0 Å². The van der Waals surface area contributed by atoms with Crippen molar-refractivity contribution in [3.8, 4) is 0 Å². The zero-order chi connectivity index (χ0) is 24.0. The van der Waals surface area contributed by atoms with E-state index in [1.807, 2.05) is 24.3 Å². The molecule has 6 nitrogen and oxygen atoms in total. The maximum Gasteiger partial charge on any atom is 0.255 e. The lowest BCUT2D eigenvalue weighted by Gasteiger charge is -2.32. The van der Waals surface area contributed by atoms with Crippen LogP contribution >= 0.6 is 11.6 Å². The summed E-state index contributed by atoms with van der Waals surface area (Å²) in [5.74, 6) is -3.24. The van der Waals surface area contributed by atoms with Gasteiger partial charge in [0, 0.05) is 29.1 Å². The number of nitrogens with one attached hydrogen (secondary N) is 1. The van der Waals surface area contributed by atoms with E-state index in [1.54, 1.807) is 0 Å². The molecule has 0 bridgehead atoms. The molecule has 9 heteroatoms. The zero-order valence-electron chi connectivity index (χ0n) is 18.5. The molecule has 0 spiro atoms. The normalized spacial score (nSPS) is 21.7. The number of halogens is 3. The third-order valence-corrected chi connectivity index (χ3v) is 7.33. The van der Waals surface area contributed by atoms with Gasteiger partial charge in [-0.15, -0.1) is 0 Å². The van der Waals surface area contributed by atoms with Crippen LogP contribution in [0.3, 0.4) is 0 Å². The van der Waals surface area contributed by atoms with Gasteiger partial charge in [-0.25, -0.2) is 8.78 Å². The van der Waals surface area contributed by atoms with Crippen LogP contribution in [0.2, 0.25) is 5.02 Å². The Morgan fingerprint density at radius 2 is 1.74 bits per heavy atom. The van der Waals surface area contributed by atoms with Gasteiger partial charge in [0.05, 0.1) is 12.1 Å². The number of likely N-dealkylation sites (tertiary alicyclic amines) is 1. The molecular weight excluding hydrogens is 464 g/mol. The predicted molar refractivity (Wildman–Crippen MR) is 121 cm³/mol. The molecule has 1 atom stereocenters. The molecule has 3 aliphatic heterocycles. The van der Waals surface area contributed by atoms with Crippen molar-refractivity contribution >= 4 is 29.3 Å². The van der Waals surface area contributed by atoms with Crippen molar-refractivity contribution in [2.45, 2.75) is 50.7 Å². The molecule has 0 aromatic heterocycles. The van der Waals surface area contributed by atoms with E-state index in [-0.39, 0.29) is 42.0 Å². The average Bonchev–Trinajstić information content (AvgIpc) is 3.13. The molecular formula is C25H24ClF2N3O3. The van der Waals surface area contributed by atoms with Crippen molar-refractivity contribution < 1.29 is 23.2 Å². The Labute approximate surface area is 200 Å². The number of hydrogen-bond acceptors (Lipinski definition) is 4. The molecule has 1 unspecified atom stereocenters. The van der Waals surface area contributed by atoms with Gasteiger partial charge in [0.15, 0.2) is 0 Å². The second-order valence-electron chi connectivity index (χ2n) is 9.19. The molecule has 2 aromatic carbocycles. The monoisotopic (exact) mass is 487 g/mol. The zero-order valence-corrected chi connectivity index (χ0v) is 19.2. The first-order valence-electron chi connectivity index (χ1n) is 11.4. The van der Waals surface area contributed by atoms with E-state index in [0.717, 1.165) is 18.2 Å². The third-order valence-electron chi connectivity index (χ3n) is 7.08. The van der Waals surface area contributed by atoms with Crippen LogP contribution in [0.5, 0.6) is 0 Å². The van der Waals surface area contributed by atoms with Crippen LogP contribution in [0.15, 0.2) is 30.3 Å². The van der Waals surface area contributed by atoms with Gasteiger partial charge in [0.1, 0.15) is 17.7 Å². The van der Waals surface area contributed by atoms with Crippen molar-refractivity contribution in [1.29, 1.82) is 0 Å². The fourth-order valence-corrected chi connectivity index (χ4v) is 5.38. The van der Waals surface area contributed by atoms with E-state index >= 15 is 8.78 Å². The van der Waals surface area contributed by atoms with Crippen molar-refractivity contribution in [1.82, 2.24) is 15.1 Å². The van der Waals surface area contributed by atoms with E-state index in [2.05, 4.69) is 10.2 Å². The van der Waals surface area contributed by atoms with Crippen LogP contribution in [0.4, 0.5) is 8.78 Å². The van der Waals surface area contributed by atoms with Gasteiger partial charge in [0.2, 0.25) is 11.8 Å². The van der Waals surface area contributed by atoms with Crippen molar-refractivity contribution in [2.24, 2.45) is 0 Å². The summed E-state index contributed by atoms with van der Waals surface area (Å²) < 4.78 is 30.7. The molecule has 3 heterocycles. The number of piperidine rings is 2. The molecule has 2 saturated heterocycles. The summed E-state index contributed by atoms with van der Waals surface area (Å²) in [5.41, 5.74) is 1.26. The number of carbonyl (C=O) groups excluding carboxylic acids is 3. The van der Waals surface area contributed by atoms with Crippen LogP contribution in [0.1, 0.15) is 58.6 Å². The molecule has 0 radical (unpaired) electrons. The number of nitrogens with zero attached hydrogens (tertiary/aromatic N) is 2. The van der Waals surface area contributed by atoms with E-state index in [1.165, 1.54) is 4.90 Å². The maximum atomic E-state index is 15.6. The topological polar surface area (TPSA) is 69.7 Å². The average molecular weight is 488 g/mol. The van der Waals surface area contributed by atoms with Gasteiger partial charge in [-0.2, -0.15) is 0 Å². The first kappa shape index (κ1) is 22.9. The first-order valence-corrected chi connectivity index (χ1v) is 11.8. The van der Waals surface area contributed by atoms with Crippen LogP contribution < -0.4 is 5.32 Å². The van der Waals surface area contributed by atoms with E-state index in [4.69, 9.17) is 11.6 Å². The summed E-state index contributed by atoms with van der Waals surface area (Å²) in [4.78, 5) is 40.0. The van der Waals surface area contributed by atoms with E-state index in [9.17, 15) is 14.4 Å². The first-order chi connectivity index (χ1) is 16.3. The molecule has 1 N–H and O–H groups in total. The van der Waals surface area contributed by atoms with Gasteiger partial charge in [-0.1, -0.05) is 23.7 Å². The number of amides is 3. The molecule has 0 saturated carbocycles. The molecule has 34 heavy (non-hydrogen) atoms. The highest BCUT2D eigenvalue weighted by Crippen LogP contribution is 2.38. The number of fused-ring (bicyclic) bond motifs is 1. The van der Waals surface area contributed by atoms with Crippen molar-refractivity contribution in [3.63, 3.8) is 0 Å². The second kappa shape index (κ2) is 9.07. The lowest BCUT2D eigenvalue weighted by molar-refractivity contribution is -0.136. The fourth-order valence-electron chi connectivity index (χ4n) is 5.25. The van der Waals surface area contributed by atoms with Crippen molar-refractivity contribution in [3.05, 3.63) is 69.2 Å². The molecule has 178 valence electrons. The second-order valence-corrected chi connectivity index (χ2v) is 9.63. The van der Waals surface area contributed by atoms with Crippen LogP contribution in [-0.2, 0) is 22.7 Å². The maximum absolute atomic E-state index is 15.6. The summed E-state index contributed by atoms with van der Waals surface area (Å²) in [6, 6.07) is 7.89. The minimum Gasteiger partial charge on any atom is -0.322 e. The Morgan fingerprint density at radius 1 is 1.03 bits per heavy atom. The van der Waals surface area contributed by atoms with Crippen molar-refractivity contribution in [2.75, 3.05) is 13.1 Å². The Balaban J connectivity index is 1.31. The highest BCUT2D eigenvalue weighted by atomic mass is 35.5. The highest BCUT2D eigenvalue weighted by Gasteiger charge is 2.42. The summed E-state index contributed by atoms with van der Waals surface area (Å²) in [6.45, 7) is 2.04. The number of carbonyl (C=O) groups is 3. The lowest BCUT2D eigenvalue weighted by Crippen LogP contribution is -2.52. The standard InChI is InChI=1S/C25H24ClF2N3O3/c26-16-3-1-14(2-4-16)12-30-9-7-15(8-10-30)22-19(27)11-17-18(23(22)28)13-31(25(17)34)20-5-6-21(32)29-24(20)33/h1-4,11,15,20H,5-10,12-13H2,(H,29,32,33). The van der Waals surface area contributed by atoms with Gasteiger partial charge in [-0.3, -0.25) is 24.6 Å². The quantitative estimate of drug-likeness (QED) is 0.667. The number of rotatable bonds is 4. The summed E-state index contributed by atoms with van der Waals surface area (Å²) in [5, 5.41) is 2.90. The minimum atomic E-state index is -0.861. The molecule has 2 fully saturated rings. The van der Waals surface area contributed by atoms with Crippen LogP contribution in [0.25, 0.3) is 0 Å². The molecule has 3 aliphatic rings. The predicted octanol–water partition coefficient (Wildman–Crippen LogP) is 3.76. The molecule has 0 aliphatic carbocycles. The third kappa shape index (κ3) is 4.20. The number of hydrogen-bond donors (Lipinski definition) is 1. The van der Waals surface area contributed by atoms with Crippen LogP contribution in [-0.4, -0.2) is 46.7 Å². The van der Waals surface area contributed by atoms with Crippen LogP contribution in [0, 0.1) is 11.6 Å². The minimum absolute atomic E-state index is 0.0304. The Morgan fingerprint density at radius 3 is 2.41 bits per heavy atom. The molecule has 2 aromatic rings. The number of imide groups is 1.